The first-order valence-corrected chi connectivity index (χ1v) is 12.9. The summed E-state index contributed by atoms with van der Waals surface area (Å²) in [7, 11) is 2.13. The zero-order valence-electron chi connectivity index (χ0n) is 21.1. The number of anilines is 1. The number of carbonyl (C=O) groups is 3. The van der Waals surface area contributed by atoms with Gasteiger partial charge in [-0.05, 0) is 30.5 Å². The molecule has 6 N–H and O–H groups in total. The maximum absolute atomic E-state index is 13.3. The summed E-state index contributed by atoms with van der Waals surface area (Å²) in [6.45, 7) is 7.00. The molecule has 0 spiro atoms. The number of carbonyl (C=O) groups excluding carboxylic acids is 3. The van der Waals surface area contributed by atoms with Gasteiger partial charge < -0.3 is 26.2 Å². The highest BCUT2D eigenvalue weighted by Crippen LogP contribution is 2.26. The van der Waals surface area contributed by atoms with Gasteiger partial charge in [0.15, 0.2) is 6.04 Å². The topological polar surface area (TPSA) is 111 Å². The Balaban J connectivity index is 1.66. The highest BCUT2D eigenvalue weighted by molar-refractivity contribution is 5.94. The molecule has 2 aliphatic rings. The van der Waals surface area contributed by atoms with Gasteiger partial charge in [-0.15, -0.1) is 0 Å². The van der Waals surface area contributed by atoms with Crippen LogP contribution in [0, 0.1) is 5.92 Å². The van der Waals surface area contributed by atoms with Crippen molar-refractivity contribution in [3.63, 3.8) is 0 Å². The van der Waals surface area contributed by atoms with Crippen molar-refractivity contribution in [1.82, 2.24) is 10.2 Å². The summed E-state index contributed by atoms with van der Waals surface area (Å²) in [6, 6.07) is 6.77. The second-order valence-corrected chi connectivity index (χ2v) is 10.1. The third-order valence-corrected chi connectivity index (χ3v) is 7.59. The van der Waals surface area contributed by atoms with Crippen LogP contribution in [0.25, 0.3) is 0 Å². The molecular weight excluding hydrogens is 430 g/mol. The van der Waals surface area contributed by atoms with Crippen molar-refractivity contribution < 1.29 is 25.0 Å². The minimum Gasteiger partial charge on any atom is -0.347 e. The zero-order chi connectivity index (χ0) is 24.7. The molecule has 1 aliphatic heterocycles. The van der Waals surface area contributed by atoms with Crippen LogP contribution in [0.5, 0.6) is 0 Å². The summed E-state index contributed by atoms with van der Waals surface area (Å²) in [5, 5.41) is 5.96. The molecule has 0 bridgehead atoms. The van der Waals surface area contributed by atoms with Gasteiger partial charge in [-0.2, -0.15) is 0 Å². The summed E-state index contributed by atoms with van der Waals surface area (Å²) in [6.07, 6.45) is 6.10. The second-order valence-electron chi connectivity index (χ2n) is 10.1. The van der Waals surface area contributed by atoms with Crippen LogP contribution in [-0.2, 0) is 14.4 Å². The Morgan fingerprint density at radius 2 is 1.71 bits per heavy atom. The number of benzene rings is 1. The van der Waals surface area contributed by atoms with Gasteiger partial charge in [-0.3, -0.25) is 14.4 Å². The molecule has 0 radical (unpaired) electrons. The normalized spacial score (nSPS) is 20.3. The molecule has 188 valence electrons. The number of hydrogen-bond donors (Lipinski definition) is 4. The Morgan fingerprint density at radius 1 is 1.09 bits per heavy atom. The van der Waals surface area contributed by atoms with E-state index in [4.69, 9.17) is 0 Å². The lowest BCUT2D eigenvalue weighted by molar-refractivity contribution is -0.883. The Labute approximate surface area is 203 Å². The van der Waals surface area contributed by atoms with Gasteiger partial charge >= 0.3 is 0 Å². The molecular formula is C26H43N5O3+2. The fourth-order valence-electron chi connectivity index (χ4n) is 5.03. The lowest BCUT2D eigenvalue weighted by Crippen LogP contribution is -3.12. The van der Waals surface area contributed by atoms with Gasteiger partial charge in [0, 0.05) is 23.9 Å². The molecule has 1 saturated heterocycles. The first-order valence-electron chi connectivity index (χ1n) is 12.9. The standard InChI is InChI=1S/C26H41N5O3/c1-4-22(32)29-24(26(34)31-16-14-30(3)15-17-31)18(2)19-10-12-21(13-11-19)28-25(33)23(27)20-8-6-5-7-9-20/h10-13,18,20,23-24H,4-9,14-17,27H2,1-3H3,(H,28,33)(H,29,32)/p+2/t18-,23-,24+/m0/s1. The molecule has 0 aromatic heterocycles. The highest BCUT2D eigenvalue weighted by atomic mass is 16.2. The highest BCUT2D eigenvalue weighted by Gasteiger charge is 2.33. The van der Waals surface area contributed by atoms with Crippen molar-refractivity contribution in [1.29, 1.82) is 0 Å². The van der Waals surface area contributed by atoms with Crippen LogP contribution in [-0.4, -0.2) is 67.9 Å². The van der Waals surface area contributed by atoms with Crippen LogP contribution in [0.4, 0.5) is 5.69 Å². The number of piperazine rings is 1. The van der Waals surface area contributed by atoms with Gasteiger partial charge in [-0.1, -0.05) is 45.2 Å². The average Bonchev–Trinajstić information content (AvgIpc) is 2.87. The molecule has 3 atom stereocenters. The first-order chi connectivity index (χ1) is 16.3. The van der Waals surface area contributed by atoms with Gasteiger partial charge in [-0.25, -0.2) is 0 Å². The summed E-state index contributed by atoms with van der Waals surface area (Å²) < 4.78 is 0. The number of amides is 3. The molecule has 1 aliphatic carbocycles. The van der Waals surface area contributed by atoms with Crippen LogP contribution in [0.2, 0.25) is 0 Å². The molecule has 3 rings (SSSR count). The van der Waals surface area contributed by atoms with Crippen LogP contribution in [0.1, 0.15) is 63.9 Å². The van der Waals surface area contributed by atoms with E-state index in [2.05, 4.69) is 23.4 Å². The van der Waals surface area contributed by atoms with E-state index in [1.165, 1.54) is 24.2 Å². The van der Waals surface area contributed by atoms with E-state index in [9.17, 15) is 14.4 Å². The van der Waals surface area contributed by atoms with E-state index in [0.29, 0.717) is 25.4 Å². The van der Waals surface area contributed by atoms with Crippen LogP contribution < -0.4 is 21.3 Å². The van der Waals surface area contributed by atoms with Crippen LogP contribution in [0.15, 0.2) is 24.3 Å². The molecule has 34 heavy (non-hydrogen) atoms. The maximum atomic E-state index is 13.3. The van der Waals surface area contributed by atoms with E-state index in [-0.39, 0.29) is 29.7 Å². The minimum absolute atomic E-state index is 0.0217. The molecule has 8 nitrogen and oxygen atoms in total. The summed E-state index contributed by atoms with van der Waals surface area (Å²) in [4.78, 5) is 41.6. The molecule has 1 aromatic rings. The van der Waals surface area contributed by atoms with Crippen LogP contribution >= 0.6 is 0 Å². The fourth-order valence-corrected chi connectivity index (χ4v) is 5.03. The number of likely N-dealkylation sites (N-methyl/N-ethyl adjacent to an activating group) is 1. The minimum atomic E-state index is -0.609. The van der Waals surface area contributed by atoms with E-state index in [1.807, 2.05) is 36.1 Å². The van der Waals surface area contributed by atoms with Crippen molar-refractivity contribution in [3.05, 3.63) is 29.8 Å². The van der Waals surface area contributed by atoms with Crippen LogP contribution in [0.3, 0.4) is 0 Å². The third kappa shape index (κ3) is 6.79. The summed E-state index contributed by atoms with van der Waals surface area (Å²) in [5.74, 6) is -0.0153. The third-order valence-electron chi connectivity index (χ3n) is 7.59. The van der Waals surface area contributed by atoms with Gasteiger partial charge in [0.1, 0.15) is 6.04 Å². The molecule has 3 amide bonds. The van der Waals surface area contributed by atoms with E-state index >= 15 is 0 Å². The number of hydrogen-bond acceptors (Lipinski definition) is 3. The Hall–Kier alpha value is -2.45. The van der Waals surface area contributed by atoms with E-state index < -0.39 is 6.04 Å². The first kappa shape index (κ1) is 26.2. The molecule has 2 fully saturated rings. The predicted molar refractivity (Wildman–Crippen MR) is 132 cm³/mol. The molecule has 8 heteroatoms. The number of quaternary nitrogens is 2. The fraction of sp³-hybridized carbons (Fsp3) is 0.654. The smallest absolute Gasteiger partial charge is 0.282 e. The monoisotopic (exact) mass is 473 g/mol. The number of nitrogens with one attached hydrogen (secondary N) is 3. The maximum Gasteiger partial charge on any atom is 0.282 e. The van der Waals surface area contributed by atoms with E-state index in [1.54, 1.807) is 6.92 Å². The Morgan fingerprint density at radius 3 is 2.29 bits per heavy atom. The predicted octanol–water partition coefficient (Wildman–Crippen LogP) is 0.171. The SMILES string of the molecule is CCC(=O)N[C@@H](C(=O)N1CC[NH+](C)CC1)[C@@H](C)c1ccc(NC(=O)[C@@H]([NH3+])C2CCCCC2)cc1. The Kier molecular flexibility index (Phi) is 9.47. The lowest BCUT2D eigenvalue weighted by atomic mass is 9.84. The van der Waals surface area contributed by atoms with Gasteiger partial charge in [0.2, 0.25) is 11.8 Å². The summed E-state index contributed by atoms with van der Waals surface area (Å²) in [5.41, 5.74) is 5.81. The van der Waals surface area contributed by atoms with Crippen molar-refractivity contribution in [2.75, 3.05) is 38.5 Å². The lowest BCUT2D eigenvalue weighted by Gasteiger charge is -2.34. The molecule has 0 unspecified atom stereocenters. The van der Waals surface area contributed by atoms with Crippen molar-refractivity contribution in [2.45, 2.75) is 70.4 Å². The average molecular weight is 474 g/mol. The largest absolute Gasteiger partial charge is 0.347 e. The zero-order valence-corrected chi connectivity index (χ0v) is 21.1. The quantitative estimate of drug-likeness (QED) is 0.432. The summed E-state index contributed by atoms with van der Waals surface area (Å²) >= 11 is 0. The van der Waals surface area contributed by atoms with Gasteiger partial charge in [0.25, 0.3) is 5.91 Å². The van der Waals surface area contributed by atoms with Crippen molar-refractivity contribution in [2.24, 2.45) is 5.92 Å². The second kappa shape index (κ2) is 12.3. The number of nitrogens with zero attached hydrogens (tertiary/aromatic N) is 1. The number of rotatable bonds is 8. The molecule has 1 heterocycles. The van der Waals surface area contributed by atoms with E-state index in [0.717, 1.165) is 37.2 Å². The Bertz CT molecular complexity index is 829. The molecule has 1 saturated carbocycles. The van der Waals surface area contributed by atoms with Gasteiger partial charge in [0.05, 0.1) is 33.2 Å². The van der Waals surface area contributed by atoms with Crippen molar-refractivity contribution in [3.8, 4) is 0 Å². The molecule has 1 aromatic carbocycles. The van der Waals surface area contributed by atoms with Crippen molar-refractivity contribution >= 4 is 23.4 Å².